The van der Waals surface area contributed by atoms with E-state index in [1.807, 2.05) is 0 Å². The second-order valence-electron chi connectivity index (χ2n) is 4.81. The fraction of sp³-hybridized carbons (Fsp3) is 0.500. The molecule has 112 valence electrons. The molecule has 1 saturated carbocycles. The van der Waals surface area contributed by atoms with Crippen LogP contribution in [0.25, 0.3) is 0 Å². The molecule has 0 saturated heterocycles. The first-order valence-corrected chi connectivity index (χ1v) is 8.19. The van der Waals surface area contributed by atoms with E-state index in [2.05, 4.69) is 15.9 Å². The molecule has 1 fully saturated rings. The Morgan fingerprint density at radius 1 is 1.35 bits per heavy atom. The fourth-order valence-electron chi connectivity index (χ4n) is 1.93. The van der Waals surface area contributed by atoms with Crippen LogP contribution in [-0.4, -0.2) is 31.5 Å². The molecule has 3 nitrogen and oxygen atoms in total. The zero-order valence-corrected chi connectivity index (χ0v) is 13.0. The van der Waals surface area contributed by atoms with Gasteiger partial charge in [0.2, 0.25) is 10.0 Å². The first-order chi connectivity index (χ1) is 9.11. The lowest BCUT2D eigenvalue weighted by molar-refractivity contribution is -0.137. The van der Waals surface area contributed by atoms with Crippen molar-refractivity contribution in [2.75, 3.05) is 6.54 Å². The highest BCUT2D eigenvalue weighted by molar-refractivity contribution is 9.10. The van der Waals surface area contributed by atoms with Crippen molar-refractivity contribution >= 4 is 26.0 Å². The summed E-state index contributed by atoms with van der Waals surface area (Å²) in [5, 5.41) is 0. The summed E-state index contributed by atoms with van der Waals surface area (Å²) < 4.78 is 63.8. The molecule has 20 heavy (non-hydrogen) atoms. The van der Waals surface area contributed by atoms with Gasteiger partial charge in [-0.25, -0.2) is 8.42 Å². The van der Waals surface area contributed by atoms with E-state index in [0.717, 1.165) is 0 Å². The van der Waals surface area contributed by atoms with Crippen molar-refractivity contribution in [3.63, 3.8) is 0 Å². The molecule has 0 amide bonds. The molecule has 0 bridgehead atoms. The van der Waals surface area contributed by atoms with Crippen molar-refractivity contribution in [1.82, 2.24) is 4.31 Å². The Balaban J connectivity index is 2.43. The molecule has 1 aromatic carbocycles. The first-order valence-electron chi connectivity index (χ1n) is 5.96. The van der Waals surface area contributed by atoms with Gasteiger partial charge in [-0.15, -0.1) is 0 Å². The van der Waals surface area contributed by atoms with Crippen LogP contribution in [0.2, 0.25) is 0 Å². The molecular formula is C12H13BrF3NO2S. The van der Waals surface area contributed by atoms with Gasteiger partial charge in [0.15, 0.2) is 0 Å². The molecule has 1 aromatic rings. The lowest BCUT2D eigenvalue weighted by Crippen LogP contribution is -2.40. The van der Waals surface area contributed by atoms with Crippen molar-refractivity contribution < 1.29 is 21.6 Å². The minimum absolute atomic E-state index is 0.0805. The summed E-state index contributed by atoms with van der Waals surface area (Å²) in [4.78, 5) is -0.0805. The summed E-state index contributed by atoms with van der Waals surface area (Å²) in [6.45, 7) is 0.129. The van der Waals surface area contributed by atoms with Crippen LogP contribution in [0.4, 0.5) is 13.2 Å². The maximum Gasteiger partial charge on any atom is 0.402 e. The van der Waals surface area contributed by atoms with E-state index in [9.17, 15) is 21.6 Å². The van der Waals surface area contributed by atoms with Crippen LogP contribution in [0.3, 0.4) is 0 Å². The Kier molecular flexibility index (Phi) is 4.19. The van der Waals surface area contributed by atoms with Crippen molar-refractivity contribution in [3.8, 4) is 0 Å². The van der Waals surface area contributed by atoms with Crippen molar-refractivity contribution in [3.05, 3.63) is 28.2 Å². The molecule has 0 aliphatic heterocycles. The van der Waals surface area contributed by atoms with Gasteiger partial charge >= 0.3 is 6.18 Å². The third-order valence-corrected chi connectivity index (χ3v) is 5.56. The maximum atomic E-state index is 12.6. The van der Waals surface area contributed by atoms with Crippen molar-refractivity contribution in [1.29, 1.82) is 0 Å². The number of nitrogens with zero attached hydrogens (tertiary/aromatic N) is 1. The third-order valence-electron chi connectivity index (χ3n) is 3.03. The minimum Gasteiger partial charge on any atom is -0.207 e. The molecule has 0 radical (unpaired) electrons. The van der Waals surface area contributed by atoms with E-state index in [-0.39, 0.29) is 4.90 Å². The van der Waals surface area contributed by atoms with E-state index in [1.165, 1.54) is 6.07 Å². The number of alkyl halides is 3. The highest BCUT2D eigenvalue weighted by Crippen LogP contribution is 2.36. The zero-order chi connectivity index (χ0) is 15.1. The lowest BCUT2D eigenvalue weighted by atomic mass is 10.2. The van der Waals surface area contributed by atoms with Crippen molar-refractivity contribution in [2.24, 2.45) is 0 Å². The van der Waals surface area contributed by atoms with E-state index in [0.29, 0.717) is 27.2 Å². The predicted molar refractivity (Wildman–Crippen MR) is 71.8 cm³/mol. The van der Waals surface area contributed by atoms with Gasteiger partial charge in [-0.2, -0.15) is 17.5 Å². The summed E-state index contributed by atoms with van der Waals surface area (Å²) in [7, 11) is -4.14. The van der Waals surface area contributed by atoms with E-state index >= 15 is 0 Å². The summed E-state index contributed by atoms with van der Waals surface area (Å²) in [5.41, 5.74) is 0.432. The minimum atomic E-state index is -4.55. The quantitative estimate of drug-likeness (QED) is 0.812. The van der Waals surface area contributed by atoms with Crippen LogP contribution in [0.15, 0.2) is 27.6 Å². The van der Waals surface area contributed by atoms with Gasteiger partial charge in [0.05, 0.1) is 4.90 Å². The summed E-state index contributed by atoms with van der Waals surface area (Å²) >= 11 is 3.15. The molecule has 0 unspecified atom stereocenters. The van der Waals surface area contributed by atoms with Crippen LogP contribution in [0, 0.1) is 6.92 Å². The van der Waals surface area contributed by atoms with Crippen LogP contribution in [-0.2, 0) is 10.0 Å². The highest BCUT2D eigenvalue weighted by atomic mass is 79.9. The molecule has 0 N–H and O–H groups in total. The van der Waals surface area contributed by atoms with Crippen LogP contribution in [0.5, 0.6) is 0 Å². The van der Waals surface area contributed by atoms with Gasteiger partial charge in [0.25, 0.3) is 0 Å². The molecule has 0 spiro atoms. The molecule has 0 heterocycles. The number of halogens is 4. The number of benzene rings is 1. The average molecular weight is 372 g/mol. The second-order valence-corrected chi connectivity index (χ2v) is 7.58. The van der Waals surface area contributed by atoms with Crippen LogP contribution < -0.4 is 0 Å². The molecule has 0 atom stereocenters. The molecule has 1 aliphatic rings. The molecule has 0 aromatic heterocycles. The monoisotopic (exact) mass is 371 g/mol. The summed E-state index contributed by atoms with van der Waals surface area (Å²) in [6, 6.07) is 4.02. The SMILES string of the molecule is Cc1ccc(Br)cc1S(=O)(=O)N(CC(F)(F)F)C1CC1. The number of rotatable bonds is 4. The fourth-order valence-corrected chi connectivity index (χ4v) is 4.36. The van der Waals surface area contributed by atoms with E-state index < -0.39 is 28.8 Å². The Hall–Kier alpha value is -0.600. The van der Waals surface area contributed by atoms with Crippen molar-refractivity contribution in [2.45, 2.75) is 36.9 Å². The van der Waals surface area contributed by atoms with Gasteiger partial charge in [-0.1, -0.05) is 22.0 Å². The topological polar surface area (TPSA) is 37.4 Å². The first kappa shape index (κ1) is 15.8. The van der Waals surface area contributed by atoms with E-state index in [1.54, 1.807) is 19.1 Å². The number of hydrogen-bond donors (Lipinski definition) is 0. The maximum absolute atomic E-state index is 12.6. The van der Waals surface area contributed by atoms with Crippen LogP contribution in [0.1, 0.15) is 18.4 Å². The molecule has 8 heteroatoms. The van der Waals surface area contributed by atoms with E-state index in [4.69, 9.17) is 0 Å². The lowest BCUT2D eigenvalue weighted by Gasteiger charge is -2.24. The van der Waals surface area contributed by atoms with Crippen LogP contribution >= 0.6 is 15.9 Å². The standard InChI is InChI=1S/C12H13BrF3NO2S/c1-8-2-3-9(13)6-11(8)20(18,19)17(10-4-5-10)7-12(14,15)16/h2-3,6,10H,4-5,7H2,1H3. The molecule has 2 rings (SSSR count). The third kappa shape index (κ3) is 3.53. The Morgan fingerprint density at radius 3 is 2.45 bits per heavy atom. The summed E-state index contributed by atoms with van der Waals surface area (Å²) in [5.74, 6) is 0. The normalized spacial score (nSPS) is 16.7. The Morgan fingerprint density at radius 2 is 1.95 bits per heavy atom. The van der Waals surface area contributed by atoms with Gasteiger partial charge in [0, 0.05) is 10.5 Å². The smallest absolute Gasteiger partial charge is 0.207 e. The highest BCUT2D eigenvalue weighted by Gasteiger charge is 2.45. The Labute approximate surface area is 123 Å². The molecular weight excluding hydrogens is 359 g/mol. The van der Waals surface area contributed by atoms with Gasteiger partial charge in [0.1, 0.15) is 6.54 Å². The largest absolute Gasteiger partial charge is 0.402 e. The van der Waals surface area contributed by atoms with Gasteiger partial charge in [-0.05, 0) is 37.5 Å². The number of hydrogen-bond acceptors (Lipinski definition) is 2. The van der Waals surface area contributed by atoms with Gasteiger partial charge in [-0.3, -0.25) is 0 Å². The van der Waals surface area contributed by atoms with Gasteiger partial charge < -0.3 is 0 Å². The number of aryl methyl sites for hydroxylation is 1. The summed E-state index contributed by atoms with van der Waals surface area (Å²) in [6.07, 6.45) is -3.60. The zero-order valence-electron chi connectivity index (χ0n) is 10.6. The number of sulfonamides is 1. The average Bonchev–Trinajstić information content (AvgIpc) is 3.12. The second kappa shape index (κ2) is 5.31. The molecule has 1 aliphatic carbocycles. The Bertz CT molecular complexity index is 612. The predicted octanol–water partition coefficient (Wildman–Crippen LogP) is 3.47.